The molecular weight excluding hydrogens is 302 g/mol. The summed E-state index contributed by atoms with van der Waals surface area (Å²) in [5.41, 5.74) is 1.66. The fraction of sp³-hybridized carbons (Fsp3) is 0.0714. The largest absolute Gasteiger partial charge is 0.369 e. The Morgan fingerprint density at radius 3 is 2.75 bits per heavy atom. The molecule has 0 spiro atoms. The fourth-order valence-corrected chi connectivity index (χ4v) is 2.48. The Balaban J connectivity index is 1.97. The molecule has 0 aliphatic carbocycles. The number of nitrogens with one attached hydrogen (secondary N) is 2. The van der Waals surface area contributed by atoms with Gasteiger partial charge in [-0.3, -0.25) is 4.79 Å². The molecule has 1 heterocycles. The van der Waals surface area contributed by atoms with Gasteiger partial charge >= 0.3 is 0 Å². The fourth-order valence-electron chi connectivity index (χ4n) is 2.14. The molecule has 1 aliphatic heterocycles. The van der Waals surface area contributed by atoms with Crippen molar-refractivity contribution in [3.05, 3.63) is 57.8 Å². The summed E-state index contributed by atoms with van der Waals surface area (Å²) in [6, 6.07) is 8.36. The van der Waals surface area contributed by atoms with Crippen molar-refractivity contribution in [2.24, 2.45) is 0 Å². The van der Waals surface area contributed by atoms with Crippen molar-refractivity contribution >= 4 is 40.5 Å². The number of carbonyl (C=O) groups excluding carboxylic acids is 1. The molecular formula is C14H9Cl2FN2O. The Morgan fingerprint density at radius 2 is 1.95 bits per heavy atom. The molecule has 0 saturated heterocycles. The Morgan fingerprint density at radius 1 is 1.15 bits per heavy atom. The Hall–Kier alpha value is -1.78. The third kappa shape index (κ3) is 2.32. The second-order valence-electron chi connectivity index (χ2n) is 4.42. The molecule has 102 valence electrons. The standard InChI is InChI=1S/C14H9Cl2FN2O/c15-7-1-3-10(16)12(5-7)18-13-9-6-8(17)2-4-11(9)19-14(13)20/h1-6,13,18H,(H,19,20). The maximum absolute atomic E-state index is 13.3. The van der Waals surface area contributed by atoms with Gasteiger partial charge in [-0.25, -0.2) is 4.39 Å². The van der Waals surface area contributed by atoms with Crippen LogP contribution in [0.4, 0.5) is 15.8 Å². The van der Waals surface area contributed by atoms with Crippen molar-refractivity contribution in [3.63, 3.8) is 0 Å². The van der Waals surface area contributed by atoms with Crippen LogP contribution in [-0.4, -0.2) is 5.91 Å². The molecule has 1 unspecified atom stereocenters. The number of carbonyl (C=O) groups is 1. The molecule has 0 radical (unpaired) electrons. The minimum Gasteiger partial charge on any atom is -0.369 e. The SMILES string of the molecule is O=C1Nc2ccc(F)cc2C1Nc1cc(Cl)ccc1Cl. The first kappa shape index (κ1) is 13.2. The van der Waals surface area contributed by atoms with Crippen LogP contribution in [0.5, 0.6) is 0 Å². The van der Waals surface area contributed by atoms with Crippen LogP contribution in [-0.2, 0) is 4.79 Å². The maximum Gasteiger partial charge on any atom is 0.251 e. The minimum absolute atomic E-state index is 0.262. The lowest BCUT2D eigenvalue weighted by atomic mass is 10.1. The van der Waals surface area contributed by atoms with Crippen LogP contribution in [0, 0.1) is 5.82 Å². The molecule has 3 rings (SSSR count). The van der Waals surface area contributed by atoms with Crippen molar-refractivity contribution in [3.8, 4) is 0 Å². The number of rotatable bonds is 2. The summed E-state index contributed by atoms with van der Waals surface area (Å²) in [6.07, 6.45) is 0. The molecule has 3 nitrogen and oxygen atoms in total. The van der Waals surface area contributed by atoms with E-state index in [1.54, 1.807) is 18.2 Å². The van der Waals surface area contributed by atoms with E-state index >= 15 is 0 Å². The number of fused-ring (bicyclic) bond motifs is 1. The monoisotopic (exact) mass is 310 g/mol. The van der Waals surface area contributed by atoms with Gasteiger partial charge in [-0.1, -0.05) is 23.2 Å². The lowest BCUT2D eigenvalue weighted by Crippen LogP contribution is -2.19. The van der Waals surface area contributed by atoms with E-state index in [9.17, 15) is 9.18 Å². The zero-order chi connectivity index (χ0) is 14.3. The first-order chi connectivity index (χ1) is 9.54. The number of anilines is 2. The molecule has 0 aromatic heterocycles. The van der Waals surface area contributed by atoms with Crippen molar-refractivity contribution in [1.29, 1.82) is 0 Å². The topological polar surface area (TPSA) is 41.1 Å². The maximum atomic E-state index is 13.3. The summed E-state index contributed by atoms with van der Waals surface area (Å²) >= 11 is 12.0. The average Bonchev–Trinajstić information content (AvgIpc) is 2.70. The van der Waals surface area contributed by atoms with E-state index in [4.69, 9.17) is 23.2 Å². The van der Waals surface area contributed by atoms with Gasteiger partial charge in [0.15, 0.2) is 0 Å². The first-order valence-electron chi connectivity index (χ1n) is 5.86. The quantitative estimate of drug-likeness (QED) is 0.871. The van der Waals surface area contributed by atoms with Gasteiger partial charge in [-0.05, 0) is 36.4 Å². The number of halogens is 3. The highest BCUT2D eigenvalue weighted by molar-refractivity contribution is 6.35. The highest BCUT2D eigenvalue weighted by Crippen LogP contribution is 2.36. The van der Waals surface area contributed by atoms with E-state index in [0.29, 0.717) is 27.0 Å². The molecule has 2 aromatic rings. The van der Waals surface area contributed by atoms with Gasteiger partial charge in [-0.15, -0.1) is 0 Å². The number of hydrogen-bond acceptors (Lipinski definition) is 2. The van der Waals surface area contributed by atoms with E-state index in [0.717, 1.165) is 0 Å². The molecule has 0 saturated carbocycles. The van der Waals surface area contributed by atoms with Gasteiger partial charge in [-0.2, -0.15) is 0 Å². The van der Waals surface area contributed by atoms with Crippen molar-refractivity contribution in [2.45, 2.75) is 6.04 Å². The summed E-state index contributed by atoms with van der Waals surface area (Å²) in [5.74, 6) is -0.661. The Kier molecular flexibility index (Phi) is 3.28. The second-order valence-corrected chi connectivity index (χ2v) is 5.27. The van der Waals surface area contributed by atoms with Gasteiger partial charge in [0.2, 0.25) is 0 Å². The summed E-state index contributed by atoms with van der Waals surface area (Å²) in [6.45, 7) is 0. The summed E-state index contributed by atoms with van der Waals surface area (Å²) < 4.78 is 13.3. The summed E-state index contributed by atoms with van der Waals surface area (Å²) in [4.78, 5) is 12.0. The molecule has 1 aliphatic rings. The van der Waals surface area contributed by atoms with Gasteiger partial charge in [0.1, 0.15) is 11.9 Å². The van der Waals surface area contributed by atoms with E-state index < -0.39 is 11.9 Å². The lowest BCUT2D eigenvalue weighted by Gasteiger charge is -2.14. The van der Waals surface area contributed by atoms with Crippen molar-refractivity contribution in [2.75, 3.05) is 10.6 Å². The zero-order valence-electron chi connectivity index (χ0n) is 10.1. The van der Waals surface area contributed by atoms with E-state index in [1.807, 2.05) is 0 Å². The van der Waals surface area contributed by atoms with E-state index in [1.165, 1.54) is 18.2 Å². The summed E-state index contributed by atoms with van der Waals surface area (Å²) in [5, 5.41) is 6.61. The normalized spacial score (nSPS) is 16.8. The second kappa shape index (κ2) is 4.96. The van der Waals surface area contributed by atoms with Gasteiger partial charge in [0.05, 0.1) is 10.7 Å². The zero-order valence-corrected chi connectivity index (χ0v) is 11.6. The van der Waals surface area contributed by atoms with E-state index in [-0.39, 0.29) is 5.91 Å². The molecule has 2 aromatic carbocycles. The first-order valence-corrected chi connectivity index (χ1v) is 6.62. The van der Waals surface area contributed by atoms with Crippen LogP contribution < -0.4 is 10.6 Å². The van der Waals surface area contributed by atoms with Crippen molar-refractivity contribution in [1.82, 2.24) is 0 Å². The Labute approximate surface area is 124 Å². The van der Waals surface area contributed by atoms with Crippen LogP contribution in [0.25, 0.3) is 0 Å². The predicted octanol–water partition coefficient (Wildman–Crippen LogP) is 4.24. The third-order valence-electron chi connectivity index (χ3n) is 3.07. The van der Waals surface area contributed by atoms with Gasteiger partial charge < -0.3 is 10.6 Å². The third-order valence-corrected chi connectivity index (χ3v) is 3.64. The predicted molar refractivity (Wildman–Crippen MR) is 77.9 cm³/mol. The molecule has 0 fully saturated rings. The van der Waals surface area contributed by atoms with Crippen LogP contribution in [0.2, 0.25) is 10.0 Å². The molecule has 0 bridgehead atoms. The van der Waals surface area contributed by atoms with Crippen LogP contribution in [0.1, 0.15) is 11.6 Å². The molecule has 2 N–H and O–H groups in total. The van der Waals surface area contributed by atoms with Crippen LogP contribution in [0.15, 0.2) is 36.4 Å². The highest BCUT2D eigenvalue weighted by atomic mass is 35.5. The number of benzene rings is 2. The van der Waals surface area contributed by atoms with Gasteiger partial charge in [0, 0.05) is 16.3 Å². The molecule has 20 heavy (non-hydrogen) atoms. The van der Waals surface area contributed by atoms with Crippen LogP contribution >= 0.6 is 23.2 Å². The van der Waals surface area contributed by atoms with Gasteiger partial charge in [0.25, 0.3) is 5.91 Å². The molecule has 1 atom stereocenters. The number of hydrogen-bond donors (Lipinski definition) is 2. The minimum atomic E-state index is -0.698. The van der Waals surface area contributed by atoms with Crippen molar-refractivity contribution < 1.29 is 9.18 Å². The number of amides is 1. The Bertz CT molecular complexity index is 706. The molecule has 6 heteroatoms. The van der Waals surface area contributed by atoms with E-state index in [2.05, 4.69) is 10.6 Å². The molecule has 1 amide bonds. The van der Waals surface area contributed by atoms with Crippen LogP contribution in [0.3, 0.4) is 0 Å². The highest BCUT2D eigenvalue weighted by Gasteiger charge is 2.31. The average molecular weight is 311 g/mol. The lowest BCUT2D eigenvalue weighted by molar-refractivity contribution is -0.116. The smallest absolute Gasteiger partial charge is 0.251 e. The summed E-state index contributed by atoms with van der Waals surface area (Å²) in [7, 11) is 0.